The van der Waals surface area contributed by atoms with Crippen molar-refractivity contribution in [1.82, 2.24) is 10.3 Å². The van der Waals surface area contributed by atoms with E-state index in [0.717, 1.165) is 22.8 Å². The van der Waals surface area contributed by atoms with Gasteiger partial charge in [0, 0.05) is 11.8 Å². The molecule has 0 saturated carbocycles. The van der Waals surface area contributed by atoms with Gasteiger partial charge in [-0.05, 0) is 43.3 Å². The zero-order valence-electron chi connectivity index (χ0n) is 12.9. The van der Waals surface area contributed by atoms with Crippen LogP contribution in [0.3, 0.4) is 0 Å². The van der Waals surface area contributed by atoms with Crippen molar-refractivity contribution in [3.63, 3.8) is 0 Å². The number of aromatic nitrogens is 1. The van der Waals surface area contributed by atoms with Crippen LogP contribution in [0.5, 0.6) is 11.5 Å². The summed E-state index contributed by atoms with van der Waals surface area (Å²) in [7, 11) is 0. The highest BCUT2D eigenvalue weighted by Crippen LogP contribution is 2.30. The van der Waals surface area contributed by atoms with E-state index in [-0.39, 0.29) is 12.5 Å². The van der Waals surface area contributed by atoms with E-state index in [1.807, 2.05) is 49.4 Å². The molecule has 0 fully saturated rings. The van der Waals surface area contributed by atoms with Crippen LogP contribution in [0, 0.1) is 0 Å². The molecule has 2 aromatic rings. The first kappa shape index (κ1) is 15.1. The van der Waals surface area contributed by atoms with Crippen LogP contribution in [0.4, 0.5) is 0 Å². The molecule has 1 aromatic carbocycles. The Hall–Kier alpha value is -2.82. The lowest BCUT2D eigenvalue weighted by Gasteiger charge is -2.18. The molecule has 0 saturated heterocycles. The minimum atomic E-state index is -0.150. The Kier molecular flexibility index (Phi) is 4.57. The second kappa shape index (κ2) is 6.96. The molecule has 118 valence electrons. The minimum Gasteiger partial charge on any atom is -0.494 e. The van der Waals surface area contributed by atoms with Crippen LogP contribution in [0.15, 0.2) is 48.2 Å². The lowest BCUT2D eigenvalue weighted by molar-refractivity contribution is -0.117. The molecule has 0 radical (unpaired) electrons. The van der Waals surface area contributed by atoms with Crippen molar-refractivity contribution >= 4 is 12.0 Å². The molecular formula is C18H18N2O3. The number of pyridine rings is 1. The first-order chi connectivity index (χ1) is 11.3. The van der Waals surface area contributed by atoms with Crippen molar-refractivity contribution in [2.24, 2.45) is 0 Å². The Morgan fingerprint density at radius 3 is 3.04 bits per heavy atom. The highest BCUT2D eigenvalue weighted by atomic mass is 16.5. The molecule has 1 N–H and O–H groups in total. The lowest BCUT2D eigenvalue weighted by atomic mass is 10.1. The molecule has 1 aliphatic heterocycles. The van der Waals surface area contributed by atoms with Gasteiger partial charge in [0.2, 0.25) is 0 Å². The number of nitrogens with one attached hydrogen (secondary N) is 1. The van der Waals surface area contributed by atoms with E-state index in [0.29, 0.717) is 18.7 Å². The van der Waals surface area contributed by atoms with Crippen LogP contribution in [-0.2, 0) is 11.3 Å². The third kappa shape index (κ3) is 3.69. The molecule has 0 aliphatic carbocycles. The zero-order chi connectivity index (χ0) is 16.1. The van der Waals surface area contributed by atoms with Crippen molar-refractivity contribution in [1.29, 1.82) is 0 Å². The van der Waals surface area contributed by atoms with E-state index in [2.05, 4.69) is 10.3 Å². The van der Waals surface area contributed by atoms with Crippen LogP contribution in [0.25, 0.3) is 6.08 Å². The molecule has 2 heterocycles. The van der Waals surface area contributed by atoms with Crippen LogP contribution in [0.2, 0.25) is 0 Å². The maximum absolute atomic E-state index is 12.3. The number of hydrogen-bond donors (Lipinski definition) is 1. The number of hydrogen-bond acceptors (Lipinski definition) is 4. The summed E-state index contributed by atoms with van der Waals surface area (Å²) in [5, 5.41) is 2.86. The second-order valence-corrected chi connectivity index (χ2v) is 5.09. The lowest BCUT2D eigenvalue weighted by Crippen LogP contribution is -2.28. The Bertz CT molecular complexity index is 726. The van der Waals surface area contributed by atoms with Gasteiger partial charge >= 0.3 is 0 Å². The Labute approximate surface area is 135 Å². The largest absolute Gasteiger partial charge is 0.494 e. The molecule has 3 rings (SSSR count). The van der Waals surface area contributed by atoms with Gasteiger partial charge in [0.1, 0.15) is 18.1 Å². The van der Waals surface area contributed by atoms with E-state index in [1.54, 1.807) is 6.20 Å². The molecule has 0 spiro atoms. The normalized spacial score (nSPS) is 12.7. The number of ether oxygens (including phenoxy) is 2. The molecule has 1 aromatic heterocycles. The molecule has 5 heteroatoms. The van der Waals surface area contributed by atoms with Gasteiger partial charge < -0.3 is 14.8 Å². The number of fused-ring (bicyclic) bond motifs is 1. The van der Waals surface area contributed by atoms with Crippen LogP contribution in [-0.4, -0.2) is 24.1 Å². The number of carbonyl (C=O) groups is 1. The summed E-state index contributed by atoms with van der Waals surface area (Å²) < 4.78 is 11.1. The standard InChI is InChI=1S/C18H18N2O3/c1-2-22-16-6-7-17-13(10-16)9-14(12-23-17)18(21)20-11-15-5-3-4-8-19-15/h3-10H,2,11-12H2,1H3,(H,20,21). The number of rotatable bonds is 5. The summed E-state index contributed by atoms with van der Waals surface area (Å²) in [5.41, 5.74) is 2.25. The van der Waals surface area contributed by atoms with Gasteiger partial charge in [0.25, 0.3) is 5.91 Å². The van der Waals surface area contributed by atoms with Gasteiger partial charge in [-0.3, -0.25) is 9.78 Å². The molecule has 1 aliphatic rings. The molecule has 0 atom stereocenters. The van der Waals surface area contributed by atoms with Crippen molar-refractivity contribution in [2.45, 2.75) is 13.5 Å². The van der Waals surface area contributed by atoms with E-state index in [4.69, 9.17) is 9.47 Å². The average Bonchev–Trinajstić information content (AvgIpc) is 2.60. The Morgan fingerprint density at radius 1 is 1.35 bits per heavy atom. The third-order valence-electron chi connectivity index (χ3n) is 3.45. The van der Waals surface area contributed by atoms with Crippen LogP contribution >= 0.6 is 0 Å². The van der Waals surface area contributed by atoms with Crippen LogP contribution < -0.4 is 14.8 Å². The number of benzene rings is 1. The number of amides is 1. The molecule has 0 bridgehead atoms. The first-order valence-electron chi connectivity index (χ1n) is 7.54. The summed E-state index contributed by atoms with van der Waals surface area (Å²) in [6.45, 7) is 3.18. The third-order valence-corrected chi connectivity index (χ3v) is 3.45. The summed E-state index contributed by atoms with van der Waals surface area (Å²) in [6.07, 6.45) is 3.55. The minimum absolute atomic E-state index is 0.150. The quantitative estimate of drug-likeness (QED) is 0.922. The van der Waals surface area contributed by atoms with Gasteiger partial charge in [-0.15, -0.1) is 0 Å². The molecule has 1 amide bonds. The SMILES string of the molecule is CCOc1ccc2c(c1)C=C(C(=O)NCc1ccccn1)CO2. The van der Waals surface area contributed by atoms with E-state index in [1.165, 1.54) is 0 Å². The second-order valence-electron chi connectivity index (χ2n) is 5.09. The summed E-state index contributed by atoms with van der Waals surface area (Å²) in [4.78, 5) is 16.5. The fourth-order valence-electron chi connectivity index (χ4n) is 2.33. The predicted molar refractivity (Wildman–Crippen MR) is 87.2 cm³/mol. The van der Waals surface area contributed by atoms with E-state index >= 15 is 0 Å². The highest BCUT2D eigenvalue weighted by Gasteiger charge is 2.17. The van der Waals surface area contributed by atoms with Crippen molar-refractivity contribution in [2.75, 3.05) is 13.2 Å². The van der Waals surface area contributed by atoms with Gasteiger partial charge in [-0.1, -0.05) is 6.07 Å². The molecule has 0 unspecified atom stereocenters. The summed E-state index contributed by atoms with van der Waals surface area (Å²) in [5.74, 6) is 1.37. The highest BCUT2D eigenvalue weighted by molar-refractivity contribution is 5.99. The maximum atomic E-state index is 12.3. The fraction of sp³-hybridized carbons (Fsp3) is 0.222. The van der Waals surface area contributed by atoms with Gasteiger partial charge in [0.15, 0.2) is 0 Å². The topological polar surface area (TPSA) is 60.5 Å². The average molecular weight is 310 g/mol. The van der Waals surface area contributed by atoms with Crippen LogP contribution in [0.1, 0.15) is 18.2 Å². The van der Waals surface area contributed by atoms with Crippen molar-refractivity contribution in [3.05, 3.63) is 59.4 Å². The maximum Gasteiger partial charge on any atom is 0.251 e. The van der Waals surface area contributed by atoms with Crippen molar-refractivity contribution in [3.8, 4) is 11.5 Å². The predicted octanol–water partition coefficient (Wildman–Crippen LogP) is 2.57. The molecule has 23 heavy (non-hydrogen) atoms. The fourth-order valence-corrected chi connectivity index (χ4v) is 2.33. The van der Waals surface area contributed by atoms with E-state index < -0.39 is 0 Å². The van der Waals surface area contributed by atoms with Crippen molar-refractivity contribution < 1.29 is 14.3 Å². The van der Waals surface area contributed by atoms with Gasteiger partial charge in [0.05, 0.1) is 24.4 Å². The molecule has 5 nitrogen and oxygen atoms in total. The first-order valence-corrected chi connectivity index (χ1v) is 7.54. The number of carbonyl (C=O) groups excluding carboxylic acids is 1. The summed E-state index contributed by atoms with van der Waals surface area (Å²) >= 11 is 0. The Morgan fingerprint density at radius 2 is 2.26 bits per heavy atom. The van der Waals surface area contributed by atoms with Gasteiger partial charge in [-0.25, -0.2) is 0 Å². The monoisotopic (exact) mass is 310 g/mol. The van der Waals surface area contributed by atoms with Gasteiger partial charge in [-0.2, -0.15) is 0 Å². The molecular weight excluding hydrogens is 292 g/mol. The van der Waals surface area contributed by atoms with E-state index in [9.17, 15) is 4.79 Å². The summed E-state index contributed by atoms with van der Waals surface area (Å²) in [6, 6.07) is 11.2. The zero-order valence-corrected chi connectivity index (χ0v) is 12.9. The Balaban J connectivity index is 1.70. The smallest absolute Gasteiger partial charge is 0.251 e. The number of nitrogens with zero attached hydrogens (tertiary/aromatic N) is 1.